The Balaban J connectivity index is 1.62. The number of amidine groups is 1. The molecule has 0 saturated carbocycles. The van der Waals surface area contributed by atoms with E-state index in [4.69, 9.17) is 0 Å². The molecule has 3 rings (SSSR count). The highest BCUT2D eigenvalue weighted by molar-refractivity contribution is 8.14. The minimum absolute atomic E-state index is 0.0270. The third-order valence-electron chi connectivity index (χ3n) is 4.08. The zero-order valence-electron chi connectivity index (χ0n) is 16.0. The third-order valence-corrected chi connectivity index (χ3v) is 5.94. The van der Waals surface area contributed by atoms with Gasteiger partial charge < -0.3 is 15.2 Å². The summed E-state index contributed by atoms with van der Waals surface area (Å²) in [5.41, 5.74) is -0.0270. The Bertz CT molecular complexity index is 933. The van der Waals surface area contributed by atoms with E-state index in [-0.39, 0.29) is 17.2 Å². The zero-order chi connectivity index (χ0) is 20.8. The van der Waals surface area contributed by atoms with Crippen molar-refractivity contribution in [3.8, 4) is 0 Å². The number of nitrogens with one attached hydrogen (secondary N) is 2. The Morgan fingerprint density at radius 1 is 1.34 bits per heavy atom. The number of rotatable bonds is 7. The standard InChI is InChI=1S/C18H21FN6O2S2/c1-3-25-15(11(2)21-16(27)12-6-4-5-7-13(12)19)23-24-18(25)29-10-14(26)22-17-20-8-9-28-17/h4-7,11H,3,8-10H2,1-2H3,(H,21,27)(H,20,22,26)/t11-/m1/s1. The monoisotopic (exact) mass is 436 g/mol. The summed E-state index contributed by atoms with van der Waals surface area (Å²) in [5, 5.41) is 15.0. The summed E-state index contributed by atoms with van der Waals surface area (Å²) in [7, 11) is 0. The van der Waals surface area contributed by atoms with Gasteiger partial charge in [0.2, 0.25) is 5.91 Å². The van der Waals surface area contributed by atoms with Crippen LogP contribution in [0.3, 0.4) is 0 Å². The summed E-state index contributed by atoms with van der Waals surface area (Å²) in [5.74, 6) is 0.332. The predicted octanol–water partition coefficient (Wildman–Crippen LogP) is 2.24. The van der Waals surface area contributed by atoms with E-state index in [1.54, 1.807) is 13.0 Å². The van der Waals surface area contributed by atoms with E-state index < -0.39 is 17.8 Å². The maximum atomic E-state index is 13.8. The van der Waals surface area contributed by atoms with Crippen LogP contribution >= 0.6 is 23.5 Å². The van der Waals surface area contributed by atoms with E-state index in [1.165, 1.54) is 41.7 Å². The van der Waals surface area contributed by atoms with E-state index >= 15 is 0 Å². The van der Waals surface area contributed by atoms with Gasteiger partial charge >= 0.3 is 0 Å². The smallest absolute Gasteiger partial charge is 0.254 e. The van der Waals surface area contributed by atoms with Crippen LogP contribution in [0.5, 0.6) is 0 Å². The minimum Gasteiger partial charge on any atom is -0.342 e. The number of hydrogen-bond donors (Lipinski definition) is 2. The molecule has 0 fully saturated rings. The molecule has 11 heteroatoms. The van der Waals surface area contributed by atoms with Gasteiger partial charge in [-0.1, -0.05) is 35.7 Å². The third kappa shape index (κ3) is 5.36. The molecule has 1 atom stereocenters. The van der Waals surface area contributed by atoms with Gasteiger partial charge in [0.25, 0.3) is 5.91 Å². The average molecular weight is 437 g/mol. The van der Waals surface area contributed by atoms with Gasteiger partial charge in [0.05, 0.1) is 23.9 Å². The van der Waals surface area contributed by atoms with Crippen LogP contribution in [0.1, 0.15) is 36.1 Å². The highest BCUT2D eigenvalue weighted by Gasteiger charge is 2.21. The summed E-state index contributed by atoms with van der Waals surface area (Å²) in [6, 6.07) is 5.31. The topological polar surface area (TPSA) is 101 Å². The minimum atomic E-state index is -0.582. The molecule has 154 valence electrons. The second-order valence-corrected chi connectivity index (χ2v) is 8.16. The van der Waals surface area contributed by atoms with Crippen molar-refractivity contribution in [3.63, 3.8) is 0 Å². The molecule has 0 bridgehead atoms. The van der Waals surface area contributed by atoms with Crippen molar-refractivity contribution in [3.05, 3.63) is 41.5 Å². The van der Waals surface area contributed by atoms with Crippen molar-refractivity contribution in [1.29, 1.82) is 0 Å². The van der Waals surface area contributed by atoms with Crippen LogP contribution in [0.15, 0.2) is 34.4 Å². The number of benzene rings is 1. The van der Waals surface area contributed by atoms with Gasteiger partial charge in [-0.05, 0) is 26.0 Å². The van der Waals surface area contributed by atoms with Gasteiger partial charge in [0, 0.05) is 12.3 Å². The maximum absolute atomic E-state index is 13.8. The van der Waals surface area contributed by atoms with Crippen molar-refractivity contribution in [1.82, 2.24) is 25.4 Å². The number of amides is 2. The Hall–Kier alpha value is -2.40. The summed E-state index contributed by atoms with van der Waals surface area (Å²) >= 11 is 2.78. The van der Waals surface area contributed by atoms with Crippen molar-refractivity contribution in [2.24, 2.45) is 4.99 Å². The number of aromatic nitrogens is 3. The van der Waals surface area contributed by atoms with E-state index in [0.717, 1.165) is 12.3 Å². The van der Waals surface area contributed by atoms with Gasteiger partial charge in [-0.2, -0.15) is 0 Å². The Morgan fingerprint density at radius 3 is 2.83 bits per heavy atom. The molecule has 0 aliphatic carbocycles. The first kappa shape index (κ1) is 21.3. The summed E-state index contributed by atoms with van der Waals surface area (Å²) in [6.45, 7) is 4.96. The highest BCUT2D eigenvalue weighted by atomic mass is 32.2. The fourth-order valence-corrected chi connectivity index (χ4v) is 4.26. The van der Waals surface area contributed by atoms with E-state index in [0.29, 0.717) is 22.7 Å². The molecule has 0 unspecified atom stereocenters. The number of thioether (sulfide) groups is 2. The van der Waals surface area contributed by atoms with Crippen LogP contribution in [0.4, 0.5) is 4.39 Å². The zero-order valence-corrected chi connectivity index (χ0v) is 17.6. The predicted molar refractivity (Wildman–Crippen MR) is 112 cm³/mol. The van der Waals surface area contributed by atoms with Crippen LogP contribution in [-0.4, -0.2) is 49.8 Å². The lowest BCUT2D eigenvalue weighted by atomic mass is 10.2. The molecule has 2 aromatic rings. The average Bonchev–Trinajstić information content (AvgIpc) is 3.35. The van der Waals surface area contributed by atoms with Gasteiger partial charge in [-0.15, -0.1) is 10.2 Å². The van der Waals surface area contributed by atoms with Crippen molar-refractivity contribution < 1.29 is 14.0 Å². The molecule has 0 spiro atoms. The number of carbonyl (C=O) groups excluding carboxylic acids is 2. The Morgan fingerprint density at radius 2 is 2.14 bits per heavy atom. The number of carbonyl (C=O) groups is 2. The molecule has 1 aromatic carbocycles. The fourth-order valence-electron chi connectivity index (χ4n) is 2.70. The first-order chi connectivity index (χ1) is 14.0. The maximum Gasteiger partial charge on any atom is 0.254 e. The number of hydrogen-bond acceptors (Lipinski definition) is 7. The van der Waals surface area contributed by atoms with Crippen molar-refractivity contribution in [2.45, 2.75) is 31.6 Å². The molecular formula is C18H21FN6O2S2. The van der Waals surface area contributed by atoms with Gasteiger partial charge in [0.1, 0.15) is 5.82 Å². The van der Waals surface area contributed by atoms with Crippen LogP contribution in [0, 0.1) is 5.82 Å². The molecule has 29 heavy (non-hydrogen) atoms. The molecule has 1 aliphatic heterocycles. The van der Waals surface area contributed by atoms with Crippen LogP contribution in [0.25, 0.3) is 0 Å². The second-order valence-electron chi connectivity index (χ2n) is 6.13. The highest BCUT2D eigenvalue weighted by Crippen LogP contribution is 2.21. The van der Waals surface area contributed by atoms with E-state index in [1.807, 2.05) is 11.5 Å². The number of nitrogens with zero attached hydrogens (tertiary/aromatic N) is 4. The van der Waals surface area contributed by atoms with Gasteiger partial charge in [0.15, 0.2) is 16.1 Å². The normalized spacial score (nSPS) is 14.4. The second kappa shape index (κ2) is 9.88. The molecular weight excluding hydrogens is 415 g/mol. The summed E-state index contributed by atoms with van der Waals surface area (Å²) in [4.78, 5) is 28.6. The molecule has 1 aromatic heterocycles. The number of halogens is 1. The Kier molecular flexibility index (Phi) is 7.26. The van der Waals surface area contributed by atoms with Gasteiger partial charge in [-0.25, -0.2) is 4.39 Å². The van der Waals surface area contributed by atoms with Crippen LogP contribution in [-0.2, 0) is 11.3 Å². The number of aliphatic imine (C=N–C) groups is 1. The summed E-state index contributed by atoms with van der Waals surface area (Å²) < 4.78 is 15.6. The molecule has 2 heterocycles. The van der Waals surface area contributed by atoms with Crippen LogP contribution in [0.2, 0.25) is 0 Å². The quantitative estimate of drug-likeness (QED) is 0.646. The van der Waals surface area contributed by atoms with E-state index in [2.05, 4.69) is 25.8 Å². The molecule has 8 nitrogen and oxygen atoms in total. The molecule has 0 radical (unpaired) electrons. The lowest BCUT2D eigenvalue weighted by Crippen LogP contribution is -2.29. The van der Waals surface area contributed by atoms with Crippen molar-refractivity contribution >= 4 is 40.5 Å². The molecule has 2 amide bonds. The van der Waals surface area contributed by atoms with Crippen molar-refractivity contribution in [2.75, 3.05) is 18.1 Å². The SMILES string of the molecule is CCn1c(SCC(=O)NC2=NCCS2)nnc1[C@@H](C)NC(=O)c1ccccc1F. The lowest BCUT2D eigenvalue weighted by molar-refractivity contribution is -0.117. The Labute approximate surface area is 176 Å². The van der Waals surface area contributed by atoms with E-state index in [9.17, 15) is 14.0 Å². The van der Waals surface area contributed by atoms with Gasteiger partial charge in [-0.3, -0.25) is 14.6 Å². The molecule has 2 N–H and O–H groups in total. The molecule has 1 aliphatic rings. The molecule has 0 saturated heterocycles. The van der Waals surface area contributed by atoms with Crippen LogP contribution < -0.4 is 10.6 Å². The first-order valence-electron chi connectivity index (χ1n) is 9.08. The largest absolute Gasteiger partial charge is 0.342 e. The lowest BCUT2D eigenvalue weighted by Gasteiger charge is -2.15. The fraction of sp³-hybridized carbons (Fsp3) is 0.389. The first-order valence-corrected chi connectivity index (χ1v) is 11.0. The summed E-state index contributed by atoms with van der Waals surface area (Å²) in [6.07, 6.45) is 0.